The van der Waals surface area contributed by atoms with Gasteiger partial charge < -0.3 is 10.5 Å². The predicted molar refractivity (Wildman–Crippen MR) is 76.3 cm³/mol. The van der Waals surface area contributed by atoms with Crippen LogP contribution in [0.3, 0.4) is 0 Å². The van der Waals surface area contributed by atoms with Crippen molar-refractivity contribution in [2.24, 2.45) is 0 Å². The highest BCUT2D eigenvalue weighted by atomic mass is 32.1. The minimum atomic E-state index is 0.311. The number of thiophene rings is 1. The van der Waals surface area contributed by atoms with Crippen molar-refractivity contribution in [1.82, 2.24) is 9.97 Å². The minimum absolute atomic E-state index is 0.311. The van der Waals surface area contributed by atoms with Crippen molar-refractivity contribution in [3.63, 3.8) is 0 Å². The van der Waals surface area contributed by atoms with Gasteiger partial charge in [-0.25, -0.2) is 9.97 Å². The molecule has 0 aliphatic carbocycles. The Hall–Kier alpha value is -2.40. The molecule has 0 spiro atoms. The number of rotatable bonds is 3. The van der Waals surface area contributed by atoms with Gasteiger partial charge in [-0.3, -0.25) is 0 Å². The average molecular weight is 269 g/mol. The highest BCUT2D eigenvalue weighted by molar-refractivity contribution is 7.13. The van der Waals surface area contributed by atoms with E-state index < -0.39 is 0 Å². The fourth-order valence-corrected chi connectivity index (χ4v) is 2.32. The van der Waals surface area contributed by atoms with E-state index in [1.807, 2.05) is 29.6 Å². The summed E-state index contributed by atoms with van der Waals surface area (Å²) >= 11 is 1.65. The van der Waals surface area contributed by atoms with Gasteiger partial charge in [-0.1, -0.05) is 12.1 Å². The molecule has 3 aromatic rings. The summed E-state index contributed by atoms with van der Waals surface area (Å²) in [7, 11) is 0. The van der Waals surface area contributed by atoms with E-state index in [0.29, 0.717) is 17.4 Å². The smallest absolute Gasteiger partial charge is 0.321 e. The Labute approximate surface area is 114 Å². The second kappa shape index (κ2) is 5.07. The molecule has 4 nitrogen and oxygen atoms in total. The van der Waals surface area contributed by atoms with E-state index in [1.54, 1.807) is 35.9 Å². The Balaban J connectivity index is 1.80. The summed E-state index contributed by atoms with van der Waals surface area (Å²) in [6.45, 7) is 0. The number of nitrogens with two attached hydrogens (primary N) is 1. The highest BCUT2D eigenvalue weighted by Crippen LogP contribution is 2.25. The van der Waals surface area contributed by atoms with Crippen molar-refractivity contribution in [3.8, 4) is 22.2 Å². The Kier molecular flexibility index (Phi) is 3.12. The maximum Gasteiger partial charge on any atom is 0.321 e. The molecule has 3 rings (SSSR count). The van der Waals surface area contributed by atoms with Gasteiger partial charge in [0.05, 0.1) is 0 Å². The lowest BCUT2D eigenvalue weighted by atomic mass is 10.3. The second-order valence-corrected chi connectivity index (χ2v) is 4.85. The molecule has 0 fully saturated rings. The van der Waals surface area contributed by atoms with E-state index in [1.165, 1.54) is 0 Å². The van der Waals surface area contributed by atoms with Crippen molar-refractivity contribution < 1.29 is 4.74 Å². The van der Waals surface area contributed by atoms with Crippen LogP contribution in [0.25, 0.3) is 10.4 Å². The molecular formula is C14H11N3OS. The Morgan fingerprint density at radius 2 is 1.89 bits per heavy atom. The maximum atomic E-state index is 5.68. The van der Waals surface area contributed by atoms with Gasteiger partial charge in [0.2, 0.25) is 0 Å². The van der Waals surface area contributed by atoms with E-state index in [-0.39, 0.29) is 0 Å². The van der Waals surface area contributed by atoms with E-state index in [0.717, 1.165) is 10.4 Å². The lowest BCUT2D eigenvalue weighted by molar-refractivity contribution is 0.442. The van der Waals surface area contributed by atoms with Crippen LogP contribution in [0.4, 0.5) is 5.69 Å². The molecule has 0 amide bonds. The summed E-state index contributed by atoms with van der Waals surface area (Å²) in [5.41, 5.74) is 7.31. The number of anilines is 1. The molecule has 2 N–H and O–H groups in total. The molecule has 2 heterocycles. The average Bonchev–Trinajstić information content (AvgIpc) is 2.94. The lowest BCUT2D eigenvalue weighted by Crippen LogP contribution is -1.92. The summed E-state index contributed by atoms with van der Waals surface area (Å²) in [4.78, 5) is 9.52. The number of ether oxygens (including phenoxy) is 1. The number of benzene rings is 1. The van der Waals surface area contributed by atoms with Crippen LogP contribution < -0.4 is 10.5 Å². The summed E-state index contributed by atoms with van der Waals surface area (Å²) < 4.78 is 5.53. The number of nitrogen functional groups attached to an aromatic ring is 1. The zero-order valence-electron chi connectivity index (χ0n) is 9.98. The molecule has 94 valence electrons. The molecule has 0 saturated heterocycles. The first kappa shape index (κ1) is 11.7. The van der Waals surface area contributed by atoms with Gasteiger partial charge in [-0.2, -0.15) is 0 Å². The molecule has 0 atom stereocenters. The van der Waals surface area contributed by atoms with Crippen LogP contribution in [0.2, 0.25) is 0 Å². The summed E-state index contributed by atoms with van der Waals surface area (Å²) in [6.07, 6.45) is 3.50. The van der Waals surface area contributed by atoms with Crippen LogP contribution in [0.15, 0.2) is 54.2 Å². The van der Waals surface area contributed by atoms with Crippen LogP contribution in [0.5, 0.6) is 11.8 Å². The molecule has 0 unspecified atom stereocenters. The van der Waals surface area contributed by atoms with Gasteiger partial charge in [0, 0.05) is 34.6 Å². The van der Waals surface area contributed by atoms with Crippen molar-refractivity contribution >= 4 is 17.0 Å². The van der Waals surface area contributed by atoms with Gasteiger partial charge in [0.15, 0.2) is 0 Å². The number of aromatic nitrogens is 2. The van der Waals surface area contributed by atoms with Crippen LogP contribution in [0.1, 0.15) is 0 Å². The largest absolute Gasteiger partial charge is 0.424 e. The van der Waals surface area contributed by atoms with E-state index in [2.05, 4.69) is 9.97 Å². The molecule has 2 aromatic heterocycles. The molecule has 0 saturated carbocycles. The van der Waals surface area contributed by atoms with E-state index >= 15 is 0 Å². The molecular weight excluding hydrogens is 258 g/mol. The van der Waals surface area contributed by atoms with Gasteiger partial charge in [0.25, 0.3) is 0 Å². The third kappa shape index (κ3) is 2.71. The van der Waals surface area contributed by atoms with Crippen molar-refractivity contribution in [3.05, 3.63) is 54.2 Å². The molecule has 0 aliphatic rings. The first-order valence-electron chi connectivity index (χ1n) is 5.70. The topological polar surface area (TPSA) is 61.0 Å². The van der Waals surface area contributed by atoms with E-state index in [9.17, 15) is 0 Å². The fourth-order valence-electron chi connectivity index (χ4n) is 1.62. The monoisotopic (exact) mass is 269 g/mol. The number of nitrogens with zero attached hydrogens (tertiary/aromatic N) is 2. The summed E-state index contributed by atoms with van der Waals surface area (Å²) in [5, 5.41) is 2.02. The van der Waals surface area contributed by atoms with Crippen molar-refractivity contribution in [2.75, 3.05) is 5.73 Å². The minimum Gasteiger partial charge on any atom is -0.424 e. The number of hydrogen-bond acceptors (Lipinski definition) is 5. The molecule has 1 aromatic carbocycles. The van der Waals surface area contributed by atoms with E-state index in [4.69, 9.17) is 10.5 Å². The van der Waals surface area contributed by atoms with Gasteiger partial charge in [0.1, 0.15) is 5.75 Å². The molecule has 5 heteroatoms. The fraction of sp³-hybridized carbons (Fsp3) is 0. The highest BCUT2D eigenvalue weighted by Gasteiger charge is 2.03. The summed E-state index contributed by atoms with van der Waals surface area (Å²) in [6, 6.07) is 11.5. The predicted octanol–water partition coefficient (Wildman–Crippen LogP) is 3.58. The standard InChI is InChI=1S/C14H11N3OS/c15-11-3-1-4-12(7-11)18-14-16-8-10(9-17-14)13-5-2-6-19-13/h1-9H,15H2. The van der Waals surface area contributed by atoms with Crippen LogP contribution in [0, 0.1) is 0 Å². The van der Waals surface area contributed by atoms with Gasteiger partial charge >= 0.3 is 6.01 Å². The van der Waals surface area contributed by atoms with Crippen LogP contribution >= 0.6 is 11.3 Å². The van der Waals surface area contributed by atoms with Crippen LogP contribution in [-0.2, 0) is 0 Å². The summed E-state index contributed by atoms with van der Waals surface area (Å²) in [5.74, 6) is 0.629. The van der Waals surface area contributed by atoms with Gasteiger partial charge in [-0.05, 0) is 23.6 Å². The molecule has 0 aliphatic heterocycles. The Bertz CT molecular complexity index is 665. The third-order valence-corrected chi connectivity index (χ3v) is 3.42. The molecule has 0 radical (unpaired) electrons. The SMILES string of the molecule is Nc1cccc(Oc2ncc(-c3cccs3)cn2)c1. The maximum absolute atomic E-state index is 5.68. The van der Waals surface area contributed by atoms with Crippen molar-refractivity contribution in [1.29, 1.82) is 0 Å². The number of hydrogen-bond donors (Lipinski definition) is 1. The quantitative estimate of drug-likeness (QED) is 0.738. The van der Waals surface area contributed by atoms with Crippen molar-refractivity contribution in [2.45, 2.75) is 0 Å². The first-order chi connectivity index (χ1) is 9.31. The zero-order valence-corrected chi connectivity index (χ0v) is 10.8. The Morgan fingerprint density at radius 1 is 1.05 bits per heavy atom. The first-order valence-corrected chi connectivity index (χ1v) is 6.58. The normalized spacial score (nSPS) is 10.3. The van der Waals surface area contributed by atoms with Crippen LogP contribution in [-0.4, -0.2) is 9.97 Å². The third-order valence-electron chi connectivity index (χ3n) is 2.50. The van der Waals surface area contributed by atoms with Gasteiger partial charge in [-0.15, -0.1) is 11.3 Å². The second-order valence-electron chi connectivity index (χ2n) is 3.91. The lowest BCUT2D eigenvalue weighted by Gasteiger charge is -2.04. The zero-order chi connectivity index (χ0) is 13.1. The molecule has 19 heavy (non-hydrogen) atoms. The molecule has 0 bridgehead atoms. The Morgan fingerprint density at radius 3 is 2.58 bits per heavy atom.